The third-order valence-corrected chi connectivity index (χ3v) is 4.88. The number of imide groups is 1. The molecule has 0 aliphatic carbocycles. The Morgan fingerprint density at radius 2 is 1.96 bits per heavy atom. The van der Waals surface area contributed by atoms with E-state index in [9.17, 15) is 14.4 Å². The van der Waals surface area contributed by atoms with Crippen LogP contribution in [-0.2, 0) is 23.9 Å². The van der Waals surface area contributed by atoms with Gasteiger partial charge in [0.2, 0.25) is 17.7 Å². The predicted octanol–water partition coefficient (Wildman–Crippen LogP) is -0.691. The van der Waals surface area contributed by atoms with Crippen LogP contribution in [0.4, 0.5) is 0 Å². The first-order valence-electron chi connectivity index (χ1n) is 8.56. The van der Waals surface area contributed by atoms with Crippen molar-refractivity contribution in [2.24, 2.45) is 0 Å². The van der Waals surface area contributed by atoms with Gasteiger partial charge in [0.15, 0.2) is 0 Å². The largest absolute Gasteiger partial charge is 1.00 e. The molecule has 0 spiro atoms. The summed E-state index contributed by atoms with van der Waals surface area (Å²) in [6, 6.07) is 0. The van der Waals surface area contributed by atoms with Crippen molar-refractivity contribution in [1.82, 2.24) is 10.2 Å². The molecule has 0 aromatic rings. The van der Waals surface area contributed by atoms with E-state index >= 15 is 0 Å². The van der Waals surface area contributed by atoms with Gasteiger partial charge in [-0.1, -0.05) is 13.8 Å². The van der Waals surface area contributed by atoms with Crippen LogP contribution in [0.5, 0.6) is 0 Å². The number of carbonyl (C=O) groups excluding carboxylic acids is 4. The SMILES string of the molecule is C[C-]=O.[CH2-]OC(C)(C)CCNC(=O)CCN1C(=O)CC(SC(C)C)C1=O.[CH3-].[K+]. The van der Waals surface area contributed by atoms with Crippen molar-refractivity contribution >= 4 is 35.8 Å². The van der Waals surface area contributed by atoms with Crippen LogP contribution in [0.3, 0.4) is 0 Å². The zero-order valence-electron chi connectivity index (χ0n) is 18.3. The molecule has 0 bridgehead atoms. The van der Waals surface area contributed by atoms with Gasteiger partial charge in [-0.05, 0) is 25.5 Å². The second-order valence-electron chi connectivity index (χ2n) is 6.72. The van der Waals surface area contributed by atoms with E-state index in [0.29, 0.717) is 18.2 Å². The van der Waals surface area contributed by atoms with Crippen LogP contribution in [-0.4, -0.2) is 58.1 Å². The van der Waals surface area contributed by atoms with Crippen LogP contribution in [0, 0.1) is 14.5 Å². The van der Waals surface area contributed by atoms with E-state index in [-0.39, 0.29) is 101 Å². The Hall–Kier alpha value is 0.226. The monoisotopic (exact) mass is 440 g/mol. The number of rotatable bonds is 9. The van der Waals surface area contributed by atoms with E-state index in [4.69, 9.17) is 9.53 Å². The van der Waals surface area contributed by atoms with E-state index in [1.54, 1.807) is 0 Å². The van der Waals surface area contributed by atoms with E-state index < -0.39 is 5.60 Å². The average Bonchev–Trinajstić information content (AvgIpc) is 2.79. The van der Waals surface area contributed by atoms with Crippen molar-refractivity contribution in [3.63, 3.8) is 0 Å². The average molecular weight is 441 g/mol. The van der Waals surface area contributed by atoms with Gasteiger partial charge in [0.1, 0.15) is 0 Å². The summed E-state index contributed by atoms with van der Waals surface area (Å²) in [6.45, 7) is 9.70. The minimum Gasteiger partial charge on any atom is -0.551 e. The summed E-state index contributed by atoms with van der Waals surface area (Å²) in [5, 5.41) is 2.75. The predicted molar refractivity (Wildman–Crippen MR) is 108 cm³/mol. The molecule has 1 heterocycles. The van der Waals surface area contributed by atoms with Gasteiger partial charge in [-0.3, -0.25) is 25.6 Å². The van der Waals surface area contributed by atoms with Crippen LogP contribution < -0.4 is 56.7 Å². The third-order valence-electron chi connectivity index (χ3n) is 3.64. The van der Waals surface area contributed by atoms with Crippen LogP contribution >= 0.6 is 11.8 Å². The van der Waals surface area contributed by atoms with E-state index in [0.717, 1.165) is 0 Å². The van der Waals surface area contributed by atoms with Gasteiger partial charge in [-0.15, -0.1) is 11.8 Å². The van der Waals surface area contributed by atoms with Gasteiger partial charge >= 0.3 is 51.4 Å². The molecule has 0 saturated carbocycles. The number of amides is 3. The number of ether oxygens (including phenoxy) is 1. The first kappa shape index (κ1) is 32.9. The molecule has 1 N–H and O–H groups in total. The van der Waals surface area contributed by atoms with E-state index in [1.807, 2.05) is 27.7 Å². The Balaban J connectivity index is -0.00000117. The van der Waals surface area contributed by atoms with Crippen LogP contribution in [0.25, 0.3) is 0 Å². The summed E-state index contributed by atoms with van der Waals surface area (Å²) in [6.07, 6.45) is 2.50. The Labute approximate surface area is 216 Å². The van der Waals surface area contributed by atoms with Gasteiger partial charge in [-0.2, -0.15) is 6.92 Å². The second kappa shape index (κ2) is 17.0. The number of carbonyl (C=O) groups is 3. The smallest absolute Gasteiger partial charge is 0.551 e. The maximum atomic E-state index is 12.2. The first-order valence-corrected chi connectivity index (χ1v) is 9.50. The maximum absolute atomic E-state index is 12.2. The molecule has 0 aromatic carbocycles. The molecule has 1 aliphatic rings. The number of nitrogens with zero attached hydrogens (tertiary/aromatic N) is 1. The molecule has 3 amide bonds. The third kappa shape index (κ3) is 13.4. The molecule has 7 nitrogen and oxygen atoms in total. The minimum absolute atomic E-state index is 0. The Bertz CT molecular complexity index is 501. The molecule has 28 heavy (non-hydrogen) atoms. The van der Waals surface area contributed by atoms with E-state index in [2.05, 4.69) is 12.4 Å². The normalized spacial score (nSPS) is 16.0. The number of likely N-dealkylation sites (tertiary alicyclic amines) is 1. The Kier molecular flexibility index (Phi) is 19.9. The Morgan fingerprint density at radius 1 is 1.43 bits per heavy atom. The van der Waals surface area contributed by atoms with Gasteiger partial charge in [0.25, 0.3) is 0 Å². The topological polar surface area (TPSA) is 92.8 Å². The molecule has 9 heteroatoms. The molecule has 1 aliphatic heterocycles. The van der Waals surface area contributed by atoms with Crippen molar-refractivity contribution in [1.29, 1.82) is 0 Å². The van der Waals surface area contributed by atoms with Crippen molar-refractivity contribution in [2.45, 2.75) is 70.0 Å². The fraction of sp³-hybridized carbons (Fsp3) is 0.684. The van der Waals surface area contributed by atoms with E-state index in [1.165, 1.54) is 29.9 Å². The summed E-state index contributed by atoms with van der Waals surface area (Å²) in [5.41, 5.74) is -0.393. The minimum atomic E-state index is -0.393. The first-order chi connectivity index (χ1) is 12.1. The van der Waals surface area contributed by atoms with Gasteiger partial charge < -0.3 is 22.3 Å². The fourth-order valence-electron chi connectivity index (χ4n) is 2.20. The summed E-state index contributed by atoms with van der Waals surface area (Å²) in [7, 11) is 3.39. The standard InChI is InChI=1S/C16H27N2O4S.C2H3O.CH3.K/c1-11(2)23-12-10-14(20)18(15(12)21)9-6-13(19)17-8-7-16(3,4)22-5;1-2-3;;/h11-12H,5-10H2,1-4H3,(H,17,19);1H3;1H3;/q3*-1;+1. The molecule has 0 aromatic heterocycles. The van der Waals surface area contributed by atoms with Crippen molar-refractivity contribution in [3.8, 4) is 0 Å². The fourth-order valence-corrected chi connectivity index (χ4v) is 3.34. The Morgan fingerprint density at radius 3 is 2.43 bits per heavy atom. The number of hydrogen-bond donors (Lipinski definition) is 1. The van der Waals surface area contributed by atoms with Gasteiger partial charge in [-0.25, -0.2) is 7.11 Å². The van der Waals surface area contributed by atoms with Crippen molar-refractivity contribution in [2.75, 3.05) is 13.1 Å². The number of nitrogens with one attached hydrogen (secondary N) is 1. The van der Waals surface area contributed by atoms with Crippen molar-refractivity contribution in [3.05, 3.63) is 14.5 Å². The van der Waals surface area contributed by atoms with Gasteiger partial charge in [0.05, 0.1) is 5.25 Å². The summed E-state index contributed by atoms with van der Waals surface area (Å²) < 4.78 is 5.03. The van der Waals surface area contributed by atoms with Crippen LogP contribution in [0.1, 0.15) is 53.9 Å². The summed E-state index contributed by atoms with van der Waals surface area (Å²) in [5.74, 6) is -0.536. The zero-order valence-corrected chi connectivity index (χ0v) is 22.2. The molecular formula is C19H33KN2O5S-2. The second-order valence-corrected chi connectivity index (χ2v) is 8.50. The quantitative estimate of drug-likeness (QED) is 0.290. The molecule has 1 rings (SSSR count). The van der Waals surface area contributed by atoms with Crippen molar-refractivity contribution < 1.29 is 75.3 Å². The van der Waals surface area contributed by atoms with Crippen LogP contribution in [0.2, 0.25) is 0 Å². The van der Waals surface area contributed by atoms with Crippen LogP contribution in [0.15, 0.2) is 0 Å². The maximum Gasteiger partial charge on any atom is 1.00 e. The molecule has 1 saturated heterocycles. The van der Waals surface area contributed by atoms with Gasteiger partial charge in [0, 0.05) is 31.5 Å². The summed E-state index contributed by atoms with van der Waals surface area (Å²) >= 11 is 1.50. The molecule has 1 atom stereocenters. The molecular weight excluding hydrogens is 407 g/mol. The zero-order chi connectivity index (χ0) is 20.3. The molecule has 1 fully saturated rings. The summed E-state index contributed by atoms with van der Waals surface area (Å²) in [4.78, 5) is 45.8. The molecule has 0 radical (unpaired) electrons. The molecule has 1 unspecified atom stereocenters. The molecule has 158 valence electrons. The number of thioether (sulfide) groups is 1. The number of hydrogen-bond acceptors (Lipinski definition) is 6.